The molecule has 0 fully saturated rings. The average molecular weight is 489 g/mol. The van der Waals surface area contributed by atoms with Gasteiger partial charge in [0.1, 0.15) is 0 Å². The minimum Gasteiger partial charge on any atom is -0.372 e. The van der Waals surface area contributed by atoms with Crippen LogP contribution in [0.3, 0.4) is 0 Å². The molecule has 0 spiro atoms. The first-order valence-electron chi connectivity index (χ1n) is 9.83. The molecule has 2 aromatic rings. The van der Waals surface area contributed by atoms with Gasteiger partial charge in [-0.15, -0.1) is 0 Å². The highest BCUT2D eigenvalue weighted by atomic mass is 35.5. The Kier molecular flexibility index (Phi) is 6.52. The van der Waals surface area contributed by atoms with Crippen molar-refractivity contribution in [1.82, 2.24) is 5.32 Å². The molecule has 172 valence electrons. The molecule has 5 nitrogen and oxygen atoms in total. The molecule has 3 rings (SSSR count). The van der Waals surface area contributed by atoms with E-state index in [4.69, 9.17) is 23.2 Å². The molecule has 32 heavy (non-hydrogen) atoms. The van der Waals surface area contributed by atoms with Gasteiger partial charge in [0.25, 0.3) is 11.8 Å². The number of fused-ring (bicyclic) bond motifs is 1. The van der Waals surface area contributed by atoms with E-state index in [1.54, 1.807) is 0 Å². The number of carbonyl (C=O) groups excluding carboxylic acids is 2. The predicted molar refractivity (Wildman–Crippen MR) is 116 cm³/mol. The van der Waals surface area contributed by atoms with E-state index in [1.807, 2.05) is 13.8 Å². The molecule has 2 amide bonds. The van der Waals surface area contributed by atoms with Crippen LogP contribution in [0.1, 0.15) is 47.3 Å². The molecule has 1 aliphatic rings. The number of aliphatic hydroxyl groups is 1. The summed E-state index contributed by atoms with van der Waals surface area (Å²) < 4.78 is 42.5. The second-order valence-electron chi connectivity index (χ2n) is 7.76. The number of benzene rings is 2. The number of halogens is 5. The summed E-state index contributed by atoms with van der Waals surface area (Å²) in [6.45, 7) is 3.74. The Balaban J connectivity index is 2.42. The average Bonchev–Trinajstić information content (AvgIpc) is 2.93. The van der Waals surface area contributed by atoms with Gasteiger partial charge in [0, 0.05) is 40.3 Å². The summed E-state index contributed by atoms with van der Waals surface area (Å²) in [5.74, 6) is -1.82. The van der Waals surface area contributed by atoms with Crippen LogP contribution in [0, 0.1) is 5.92 Å². The van der Waals surface area contributed by atoms with Crippen LogP contribution in [0.25, 0.3) is 0 Å². The van der Waals surface area contributed by atoms with Crippen molar-refractivity contribution in [1.29, 1.82) is 0 Å². The number of carbonyl (C=O) groups is 2. The van der Waals surface area contributed by atoms with Crippen molar-refractivity contribution < 1.29 is 27.9 Å². The monoisotopic (exact) mass is 488 g/mol. The van der Waals surface area contributed by atoms with Gasteiger partial charge in [0.15, 0.2) is 5.60 Å². The normalized spacial score (nSPS) is 19.2. The summed E-state index contributed by atoms with van der Waals surface area (Å²) in [4.78, 5) is 26.8. The van der Waals surface area contributed by atoms with Crippen LogP contribution >= 0.6 is 23.2 Å². The Labute approximate surface area is 193 Å². The van der Waals surface area contributed by atoms with Crippen molar-refractivity contribution in [3.05, 3.63) is 62.6 Å². The Morgan fingerprint density at radius 2 is 1.91 bits per heavy atom. The number of nitrogens with zero attached hydrogens (tertiary/aromatic N) is 1. The van der Waals surface area contributed by atoms with E-state index in [0.717, 1.165) is 4.90 Å². The maximum absolute atomic E-state index is 14.2. The highest BCUT2D eigenvalue weighted by molar-refractivity contribution is 6.35. The molecule has 0 bridgehead atoms. The van der Waals surface area contributed by atoms with Crippen molar-refractivity contribution in [2.75, 3.05) is 18.5 Å². The Hall–Kier alpha value is -2.29. The van der Waals surface area contributed by atoms with Crippen LogP contribution in [-0.4, -0.2) is 30.5 Å². The van der Waals surface area contributed by atoms with E-state index in [0.29, 0.717) is 12.5 Å². The summed E-state index contributed by atoms with van der Waals surface area (Å²) in [7, 11) is 1.29. The standard InChI is InChI=1S/C22H21Cl2F3N2O3/c1-4-11(2)10-29-17-8-12(19(30)28-3)7-15(22(25,26)27)18(17)21(32,20(29)31)14-6-5-13(23)9-16(14)24/h5-9,11,32H,4,10H2,1-3H3,(H,28,30)/t11-,21?/m1/s1. The quantitative estimate of drug-likeness (QED) is 0.621. The highest BCUT2D eigenvalue weighted by Crippen LogP contribution is 2.52. The molecular formula is C22H21Cl2F3N2O3. The highest BCUT2D eigenvalue weighted by Gasteiger charge is 2.56. The molecule has 2 atom stereocenters. The minimum absolute atomic E-state index is 0.0460. The third-order valence-corrected chi connectivity index (χ3v) is 6.18. The predicted octanol–water partition coefficient (Wildman–Crippen LogP) is 5.00. The number of amides is 2. The maximum atomic E-state index is 14.2. The summed E-state index contributed by atoms with van der Waals surface area (Å²) in [6.07, 6.45) is -4.33. The molecule has 1 heterocycles. The lowest BCUT2D eigenvalue weighted by Gasteiger charge is -2.27. The summed E-state index contributed by atoms with van der Waals surface area (Å²) >= 11 is 12.1. The van der Waals surface area contributed by atoms with Crippen LogP contribution in [0.4, 0.5) is 18.9 Å². The van der Waals surface area contributed by atoms with E-state index >= 15 is 0 Å². The number of hydrogen-bond donors (Lipinski definition) is 2. The van der Waals surface area contributed by atoms with Crippen LogP contribution in [0.2, 0.25) is 10.0 Å². The van der Waals surface area contributed by atoms with Gasteiger partial charge < -0.3 is 15.3 Å². The number of nitrogens with one attached hydrogen (secondary N) is 1. The first-order chi connectivity index (χ1) is 14.9. The lowest BCUT2D eigenvalue weighted by atomic mass is 9.83. The van der Waals surface area contributed by atoms with Gasteiger partial charge in [-0.1, -0.05) is 49.5 Å². The van der Waals surface area contributed by atoms with Gasteiger partial charge in [-0.25, -0.2) is 0 Å². The lowest BCUT2D eigenvalue weighted by Crippen LogP contribution is -2.43. The molecule has 2 N–H and O–H groups in total. The first kappa shape index (κ1) is 24.4. The Morgan fingerprint density at radius 1 is 1.25 bits per heavy atom. The maximum Gasteiger partial charge on any atom is 0.416 e. The number of hydrogen-bond acceptors (Lipinski definition) is 3. The van der Waals surface area contributed by atoms with Gasteiger partial charge in [0.2, 0.25) is 0 Å². The van der Waals surface area contributed by atoms with E-state index in [9.17, 15) is 27.9 Å². The van der Waals surface area contributed by atoms with Gasteiger partial charge in [-0.3, -0.25) is 9.59 Å². The SMILES string of the molecule is CC[C@@H](C)CN1C(=O)C(O)(c2ccc(Cl)cc2Cl)c2c1cc(C(=O)NC)cc2C(F)(F)F. The molecule has 2 aromatic carbocycles. The molecule has 0 aromatic heterocycles. The molecular weight excluding hydrogens is 468 g/mol. The zero-order chi connectivity index (χ0) is 24.0. The van der Waals surface area contributed by atoms with Crippen molar-refractivity contribution in [2.24, 2.45) is 5.92 Å². The summed E-state index contributed by atoms with van der Waals surface area (Å²) in [5.41, 5.74) is -5.35. The number of anilines is 1. The van der Waals surface area contributed by atoms with Crippen LogP contribution in [0.15, 0.2) is 30.3 Å². The minimum atomic E-state index is -4.96. The van der Waals surface area contributed by atoms with Crippen molar-refractivity contribution in [2.45, 2.75) is 32.0 Å². The van der Waals surface area contributed by atoms with Gasteiger partial charge in [0.05, 0.1) is 11.3 Å². The molecule has 0 saturated carbocycles. The molecule has 1 unspecified atom stereocenters. The second-order valence-corrected chi connectivity index (χ2v) is 8.60. The van der Waals surface area contributed by atoms with E-state index < -0.39 is 34.7 Å². The number of rotatable bonds is 5. The second kappa shape index (κ2) is 8.57. The zero-order valence-electron chi connectivity index (χ0n) is 17.5. The smallest absolute Gasteiger partial charge is 0.372 e. The molecule has 0 radical (unpaired) electrons. The summed E-state index contributed by atoms with van der Waals surface area (Å²) in [5, 5.41) is 13.9. The van der Waals surface area contributed by atoms with E-state index in [1.165, 1.54) is 31.3 Å². The van der Waals surface area contributed by atoms with Crippen LogP contribution in [0.5, 0.6) is 0 Å². The molecule has 0 aliphatic carbocycles. The molecule has 10 heteroatoms. The fourth-order valence-electron chi connectivity index (χ4n) is 3.79. The summed E-state index contributed by atoms with van der Waals surface area (Å²) in [6, 6.07) is 5.62. The van der Waals surface area contributed by atoms with Gasteiger partial charge >= 0.3 is 6.18 Å². The number of alkyl halides is 3. The van der Waals surface area contributed by atoms with Crippen molar-refractivity contribution >= 4 is 40.7 Å². The largest absolute Gasteiger partial charge is 0.416 e. The lowest BCUT2D eigenvalue weighted by molar-refractivity contribution is -0.142. The topological polar surface area (TPSA) is 69.6 Å². The van der Waals surface area contributed by atoms with Crippen molar-refractivity contribution in [3.63, 3.8) is 0 Å². The zero-order valence-corrected chi connectivity index (χ0v) is 19.0. The fraction of sp³-hybridized carbons (Fsp3) is 0.364. The third-order valence-electron chi connectivity index (χ3n) is 5.63. The van der Waals surface area contributed by atoms with E-state index in [2.05, 4.69) is 5.32 Å². The van der Waals surface area contributed by atoms with Crippen molar-refractivity contribution in [3.8, 4) is 0 Å². The van der Waals surface area contributed by atoms with E-state index in [-0.39, 0.29) is 39.3 Å². The fourth-order valence-corrected chi connectivity index (χ4v) is 4.33. The Morgan fingerprint density at radius 3 is 2.44 bits per heavy atom. The van der Waals surface area contributed by atoms with Crippen LogP contribution < -0.4 is 10.2 Å². The van der Waals surface area contributed by atoms with Gasteiger partial charge in [-0.05, 0) is 30.2 Å². The van der Waals surface area contributed by atoms with Crippen LogP contribution in [-0.2, 0) is 16.6 Å². The third kappa shape index (κ3) is 3.95. The Bertz CT molecular complexity index is 1090. The van der Waals surface area contributed by atoms with Gasteiger partial charge in [-0.2, -0.15) is 13.2 Å². The molecule has 0 saturated heterocycles. The molecule has 1 aliphatic heterocycles. The first-order valence-corrected chi connectivity index (χ1v) is 10.6.